The van der Waals surface area contributed by atoms with E-state index in [1.54, 1.807) is 30.9 Å². The molecule has 3 aromatic rings. The second kappa shape index (κ2) is 7.81. The molecule has 2 heterocycles. The van der Waals surface area contributed by atoms with Gasteiger partial charge < -0.3 is 14.6 Å². The number of hydrogen-bond acceptors (Lipinski definition) is 6. The fourth-order valence-corrected chi connectivity index (χ4v) is 4.21. The van der Waals surface area contributed by atoms with Gasteiger partial charge in [0.25, 0.3) is 0 Å². The van der Waals surface area contributed by atoms with E-state index in [-0.39, 0.29) is 5.75 Å². The number of anilines is 1. The highest BCUT2D eigenvalue weighted by atomic mass is 16.3. The van der Waals surface area contributed by atoms with Gasteiger partial charge in [0.1, 0.15) is 5.75 Å². The monoisotopic (exact) mass is 392 g/mol. The van der Waals surface area contributed by atoms with Crippen LogP contribution in [0, 0.1) is 5.41 Å². The Morgan fingerprint density at radius 3 is 2.83 bits per heavy atom. The summed E-state index contributed by atoms with van der Waals surface area (Å²) in [6.45, 7) is 4.67. The van der Waals surface area contributed by atoms with Crippen molar-refractivity contribution in [2.24, 2.45) is 5.41 Å². The van der Waals surface area contributed by atoms with Crippen molar-refractivity contribution in [3.63, 3.8) is 0 Å². The fraction of sp³-hybridized carbons (Fsp3) is 0.455. The second-order valence-corrected chi connectivity index (χ2v) is 8.34. The highest BCUT2D eigenvalue weighted by molar-refractivity contribution is 5.66. The molecule has 29 heavy (non-hydrogen) atoms. The second-order valence-electron chi connectivity index (χ2n) is 8.34. The average Bonchev–Trinajstić information content (AvgIpc) is 3.28. The molecule has 1 aliphatic carbocycles. The maximum atomic E-state index is 10.5. The number of phenols is 1. The molecule has 0 amide bonds. The van der Waals surface area contributed by atoms with Crippen LogP contribution in [0.15, 0.2) is 43.1 Å². The van der Waals surface area contributed by atoms with E-state index in [1.165, 1.54) is 32.1 Å². The summed E-state index contributed by atoms with van der Waals surface area (Å²) in [4.78, 5) is 10.7. The molecule has 0 aliphatic heterocycles. The number of nitrogens with zero attached hydrogens (tertiary/aromatic N) is 6. The Hall–Kier alpha value is -2.96. The van der Waals surface area contributed by atoms with E-state index >= 15 is 0 Å². The van der Waals surface area contributed by atoms with Gasteiger partial charge in [-0.3, -0.25) is 0 Å². The van der Waals surface area contributed by atoms with Gasteiger partial charge in [-0.1, -0.05) is 26.7 Å². The number of aromatic nitrogens is 5. The van der Waals surface area contributed by atoms with Crippen molar-refractivity contribution in [1.82, 2.24) is 24.7 Å². The minimum absolute atomic E-state index is 0.116. The molecule has 0 radical (unpaired) electrons. The van der Waals surface area contributed by atoms with Crippen LogP contribution in [0.25, 0.3) is 17.1 Å². The summed E-state index contributed by atoms with van der Waals surface area (Å²) >= 11 is 0. The van der Waals surface area contributed by atoms with Crippen molar-refractivity contribution in [2.75, 3.05) is 11.9 Å². The summed E-state index contributed by atoms with van der Waals surface area (Å²) in [6, 6.07) is 5.83. The largest absolute Gasteiger partial charge is 0.507 e. The Bertz CT molecular complexity index is 956. The molecule has 1 N–H and O–H groups in total. The highest BCUT2D eigenvalue weighted by Crippen LogP contribution is 2.40. The van der Waals surface area contributed by atoms with E-state index in [1.807, 2.05) is 16.8 Å². The van der Waals surface area contributed by atoms with Gasteiger partial charge in [-0.05, 0) is 36.8 Å². The minimum Gasteiger partial charge on any atom is -0.507 e. The third-order valence-electron chi connectivity index (χ3n) is 6.38. The first-order valence-electron chi connectivity index (χ1n) is 10.2. The van der Waals surface area contributed by atoms with Gasteiger partial charge in [0.2, 0.25) is 0 Å². The van der Waals surface area contributed by atoms with Gasteiger partial charge in [-0.2, -0.15) is 0 Å². The Morgan fingerprint density at radius 2 is 2.17 bits per heavy atom. The molecular weight excluding hydrogens is 364 g/mol. The van der Waals surface area contributed by atoms with Crippen molar-refractivity contribution in [1.29, 1.82) is 0 Å². The van der Waals surface area contributed by atoms with E-state index in [0.717, 1.165) is 11.5 Å². The molecule has 0 saturated heterocycles. The summed E-state index contributed by atoms with van der Waals surface area (Å²) in [5.74, 6) is 1.30. The van der Waals surface area contributed by atoms with Crippen molar-refractivity contribution in [2.45, 2.75) is 52.0 Å². The number of benzene rings is 1. The van der Waals surface area contributed by atoms with Crippen LogP contribution in [0.2, 0.25) is 0 Å². The first-order chi connectivity index (χ1) is 14.0. The molecule has 2 aromatic heterocycles. The number of imidazole rings is 1. The summed E-state index contributed by atoms with van der Waals surface area (Å²) in [5.41, 5.74) is 1.79. The zero-order valence-electron chi connectivity index (χ0n) is 17.3. The zero-order valence-corrected chi connectivity index (χ0v) is 17.3. The number of rotatable bonds is 5. The summed E-state index contributed by atoms with van der Waals surface area (Å²) in [5, 5.41) is 19.2. The molecule has 0 bridgehead atoms. The van der Waals surface area contributed by atoms with Gasteiger partial charge in [0.05, 0.1) is 23.8 Å². The molecule has 4 rings (SSSR count). The van der Waals surface area contributed by atoms with Crippen LogP contribution in [-0.4, -0.2) is 42.9 Å². The smallest absolute Gasteiger partial charge is 0.185 e. The first kappa shape index (κ1) is 19.4. The van der Waals surface area contributed by atoms with Crippen LogP contribution in [0.4, 0.5) is 5.82 Å². The van der Waals surface area contributed by atoms with E-state index in [4.69, 9.17) is 0 Å². The molecule has 7 nitrogen and oxygen atoms in total. The predicted molar refractivity (Wildman–Crippen MR) is 113 cm³/mol. The van der Waals surface area contributed by atoms with Crippen LogP contribution in [0.5, 0.6) is 5.75 Å². The predicted octanol–water partition coefficient (Wildman–Crippen LogP) is 4.23. The number of hydrogen-bond donors (Lipinski definition) is 1. The zero-order chi connectivity index (χ0) is 20.4. The molecular formula is C22H28N6O. The lowest BCUT2D eigenvalue weighted by atomic mass is 9.71. The van der Waals surface area contributed by atoms with Crippen LogP contribution < -0.4 is 4.90 Å². The maximum Gasteiger partial charge on any atom is 0.185 e. The highest BCUT2D eigenvalue weighted by Gasteiger charge is 2.33. The lowest BCUT2D eigenvalue weighted by molar-refractivity contribution is 0.185. The van der Waals surface area contributed by atoms with E-state index < -0.39 is 0 Å². The van der Waals surface area contributed by atoms with Gasteiger partial charge in [-0.25, -0.2) is 9.97 Å². The molecule has 1 aromatic carbocycles. The lowest BCUT2D eigenvalue weighted by Gasteiger charge is -2.41. The molecule has 1 aliphatic rings. The minimum atomic E-state index is 0.116. The molecule has 2 atom stereocenters. The number of aromatic hydroxyl groups is 1. The Balaban J connectivity index is 1.52. The topological polar surface area (TPSA) is 80.0 Å². The maximum absolute atomic E-state index is 10.5. The normalized spacial score (nSPS) is 21.8. The first-order valence-corrected chi connectivity index (χ1v) is 10.2. The van der Waals surface area contributed by atoms with E-state index in [9.17, 15) is 5.11 Å². The molecule has 0 spiro atoms. The third-order valence-corrected chi connectivity index (χ3v) is 6.38. The summed E-state index contributed by atoms with van der Waals surface area (Å²) < 4.78 is 1.83. The summed E-state index contributed by atoms with van der Waals surface area (Å²) in [6.07, 6.45) is 13.0. The Kier molecular flexibility index (Phi) is 5.22. The fourth-order valence-electron chi connectivity index (χ4n) is 4.21. The van der Waals surface area contributed by atoms with Crippen LogP contribution in [0.1, 0.15) is 46.0 Å². The van der Waals surface area contributed by atoms with Crippen molar-refractivity contribution in [3.05, 3.63) is 43.1 Å². The van der Waals surface area contributed by atoms with Crippen LogP contribution in [-0.2, 0) is 0 Å². The quantitative estimate of drug-likeness (QED) is 0.700. The van der Waals surface area contributed by atoms with Gasteiger partial charge in [0, 0.05) is 31.5 Å². The van der Waals surface area contributed by atoms with E-state index in [0.29, 0.717) is 22.8 Å². The Morgan fingerprint density at radius 1 is 1.31 bits per heavy atom. The van der Waals surface area contributed by atoms with Crippen molar-refractivity contribution in [3.8, 4) is 22.8 Å². The van der Waals surface area contributed by atoms with Gasteiger partial charge >= 0.3 is 0 Å². The summed E-state index contributed by atoms with van der Waals surface area (Å²) in [7, 11) is 2.08. The van der Waals surface area contributed by atoms with Gasteiger partial charge in [0.15, 0.2) is 11.6 Å². The third kappa shape index (κ3) is 3.95. The lowest BCUT2D eigenvalue weighted by Crippen LogP contribution is -2.40. The van der Waals surface area contributed by atoms with E-state index in [2.05, 4.69) is 46.0 Å². The van der Waals surface area contributed by atoms with Gasteiger partial charge in [-0.15, -0.1) is 10.2 Å². The van der Waals surface area contributed by atoms with Crippen LogP contribution in [0.3, 0.4) is 0 Å². The average molecular weight is 393 g/mol. The van der Waals surface area contributed by atoms with Crippen molar-refractivity contribution >= 4 is 5.82 Å². The SMILES string of the molecule is CC[C@@]1(C)CCC[C@@H](N(C)c2cnc(-c3ccc(-n4ccnc4)cc3O)nn2)C1. The molecule has 0 unspecified atom stereocenters. The molecule has 1 fully saturated rings. The van der Waals surface area contributed by atoms with Crippen molar-refractivity contribution < 1.29 is 5.11 Å². The number of phenolic OH excluding ortho intramolecular Hbond substituents is 1. The molecule has 152 valence electrons. The van der Waals surface area contributed by atoms with Crippen LogP contribution >= 0.6 is 0 Å². The standard InChI is InChI=1S/C22H28N6O/c1-4-22(2)9-5-6-17(13-22)27(3)20-14-24-21(26-25-20)18-8-7-16(12-19(18)29)28-11-10-23-15-28/h7-8,10-12,14-15,17,29H,4-6,9,13H2,1-3H3/t17-,22+/m1/s1. The molecule has 7 heteroatoms. The Labute approximate surface area is 171 Å². The molecule has 1 saturated carbocycles.